The molecule has 3 heterocycles. The topological polar surface area (TPSA) is 112 Å². The van der Waals surface area contributed by atoms with Crippen LogP contribution in [-0.4, -0.2) is 55.4 Å². The minimum Gasteiger partial charge on any atom is -0.484 e. The molecule has 9 heteroatoms. The number of piperidine rings is 1. The van der Waals surface area contributed by atoms with Gasteiger partial charge in [-0.2, -0.15) is 0 Å². The van der Waals surface area contributed by atoms with Crippen molar-refractivity contribution in [3.8, 4) is 11.6 Å². The zero-order valence-electron chi connectivity index (χ0n) is 16.7. The zero-order chi connectivity index (χ0) is 21.0. The van der Waals surface area contributed by atoms with Gasteiger partial charge in [0.15, 0.2) is 12.0 Å². The minimum atomic E-state index is -0.329. The number of carbonyl (C=O) groups is 2. The van der Waals surface area contributed by atoms with E-state index in [1.165, 1.54) is 18.9 Å². The predicted molar refractivity (Wildman–Crippen MR) is 109 cm³/mol. The zero-order valence-corrected chi connectivity index (χ0v) is 16.7. The third-order valence-corrected chi connectivity index (χ3v) is 4.59. The summed E-state index contributed by atoms with van der Waals surface area (Å²) in [6, 6.07) is 11.2. The van der Waals surface area contributed by atoms with Gasteiger partial charge in [0.25, 0.3) is 5.88 Å². The number of nitrogens with zero attached hydrogens (tertiary/aromatic N) is 2. The van der Waals surface area contributed by atoms with Gasteiger partial charge in [-0.05, 0) is 37.4 Å². The summed E-state index contributed by atoms with van der Waals surface area (Å²) in [4.78, 5) is 21.8. The average Bonchev–Trinajstić information content (AvgIpc) is 2.83. The summed E-state index contributed by atoms with van der Waals surface area (Å²) in [7, 11) is 0. The van der Waals surface area contributed by atoms with E-state index in [1.54, 1.807) is 0 Å². The van der Waals surface area contributed by atoms with Crippen molar-refractivity contribution >= 4 is 12.4 Å². The second kappa shape index (κ2) is 11.7. The second-order valence-electron chi connectivity index (χ2n) is 6.91. The smallest absolute Gasteiger partial charge is 0.407 e. The molecule has 2 aromatic rings. The first-order valence-electron chi connectivity index (χ1n) is 9.98. The van der Waals surface area contributed by atoms with Crippen LogP contribution in [0.2, 0.25) is 0 Å². The first kappa shape index (κ1) is 21.5. The van der Waals surface area contributed by atoms with Crippen LogP contribution in [0.5, 0.6) is 11.6 Å². The molecule has 0 aliphatic carbocycles. The molecular formula is C21H26N4O5. The van der Waals surface area contributed by atoms with Crippen molar-refractivity contribution in [2.75, 3.05) is 32.8 Å². The lowest BCUT2D eigenvalue weighted by atomic mass is 10.00. The molecule has 1 aromatic carbocycles. The largest absolute Gasteiger partial charge is 0.484 e. The highest BCUT2D eigenvalue weighted by Gasteiger charge is 2.15. The van der Waals surface area contributed by atoms with Gasteiger partial charge in [0.1, 0.15) is 25.5 Å². The maximum atomic E-state index is 11.5. The summed E-state index contributed by atoms with van der Waals surface area (Å²) >= 11 is 0. The van der Waals surface area contributed by atoms with E-state index in [0.29, 0.717) is 50.2 Å². The Morgan fingerprint density at radius 3 is 2.83 bits per heavy atom. The number of hydrogen-bond acceptors (Lipinski definition) is 8. The molecule has 2 aliphatic heterocycles. The lowest BCUT2D eigenvalue weighted by Crippen LogP contribution is -2.38. The van der Waals surface area contributed by atoms with E-state index in [-0.39, 0.29) is 11.8 Å². The van der Waals surface area contributed by atoms with Crippen LogP contribution in [0.15, 0.2) is 36.4 Å². The number of ether oxygens (including phenoxy) is 3. The van der Waals surface area contributed by atoms with Crippen molar-refractivity contribution in [2.24, 2.45) is 5.92 Å². The number of hydrogen-bond donors (Lipinski definition) is 2. The fraction of sp³-hybridized carbons (Fsp3) is 0.429. The Morgan fingerprint density at radius 2 is 2.07 bits per heavy atom. The van der Waals surface area contributed by atoms with Crippen LogP contribution in [0, 0.1) is 5.92 Å². The molecule has 0 spiro atoms. The summed E-state index contributed by atoms with van der Waals surface area (Å²) in [6.45, 7) is 4.06. The first-order valence-corrected chi connectivity index (χ1v) is 9.98. The Bertz CT molecular complexity index is 812. The molecule has 0 saturated carbocycles. The van der Waals surface area contributed by atoms with Gasteiger partial charge >= 0.3 is 6.09 Å². The van der Waals surface area contributed by atoms with E-state index in [1.807, 2.05) is 30.3 Å². The second-order valence-corrected chi connectivity index (χ2v) is 6.91. The normalized spacial score (nSPS) is 17.1. The molecule has 1 atom stereocenters. The Hall–Kier alpha value is -3.20. The third-order valence-electron chi connectivity index (χ3n) is 4.59. The Balaban J connectivity index is 0.000000184. The van der Waals surface area contributed by atoms with Crippen molar-refractivity contribution in [3.05, 3.63) is 47.7 Å². The van der Waals surface area contributed by atoms with E-state index >= 15 is 0 Å². The molecule has 9 nitrogen and oxygen atoms in total. The van der Waals surface area contributed by atoms with E-state index < -0.39 is 0 Å². The first-order chi connectivity index (χ1) is 14.7. The fourth-order valence-corrected chi connectivity index (χ4v) is 3.03. The van der Waals surface area contributed by atoms with Crippen LogP contribution in [0.1, 0.15) is 28.9 Å². The van der Waals surface area contributed by atoms with Crippen LogP contribution >= 0.6 is 0 Å². The van der Waals surface area contributed by atoms with Crippen molar-refractivity contribution in [2.45, 2.75) is 19.4 Å². The van der Waals surface area contributed by atoms with E-state index in [2.05, 4.69) is 20.8 Å². The van der Waals surface area contributed by atoms with Crippen LogP contribution in [0.3, 0.4) is 0 Å². The van der Waals surface area contributed by atoms with E-state index in [4.69, 9.17) is 14.2 Å². The lowest BCUT2D eigenvalue weighted by Gasteiger charge is -2.22. The van der Waals surface area contributed by atoms with Gasteiger partial charge in [0.05, 0.1) is 0 Å². The molecule has 2 N–H and O–H groups in total. The highest BCUT2D eigenvalue weighted by molar-refractivity contribution is 5.72. The standard InChI is InChI=1S/C14H20N2O2.C7H6N2O3/c17-14(16-10-13-7-4-8-15-9-13)18-11-12-5-2-1-3-6-12;10-4-5-3-6-7(9-8-5)12-2-1-11-6/h1-3,5-6,13,15H,4,7-11H2,(H,16,17);3-4H,1-2H2/t13-;/m1./s1. The summed E-state index contributed by atoms with van der Waals surface area (Å²) in [6.07, 6.45) is 2.65. The fourth-order valence-electron chi connectivity index (χ4n) is 3.03. The quantitative estimate of drug-likeness (QED) is 0.715. The molecule has 1 fully saturated rings. The molecule has 1 aromatic heterocycles. The molecule has 2 aliphatic rings. The molecule has 0 radical (unpaired) electrons. The monoisotopic (exact) mass is 414 g/mol. The molecule has 1 saturated heterocycles. The highest BCUT2D eigenvalue weighted by atomic mass is 16.6. The third kappa shape index (κ3) is 7.00. The number of fused-ring (bicyclic) bond motifs is 1. The highest BCUT2D eigenvalue weighted by Crippen LogP contribution is 2.26. The maximum Gasteiger partial charge on any atom is 0.407 e. The lowest BCUT2D eigenvalue weighted by molar-refractivity contribution is 0.111. The number of nitrogens with one attached hydrogen (secondary N) is 2. The van der Waals surface area contributed by atoms with Gasteiger partial charge in [-0.3, -0.25) is 4.79 Å². The Labute approximate surface area is 175 Å². The maximum absolute atomic E-state index is 11.5. The predicted octanol–water partition coefficient (Wildman–Crippen LogP) is 1.97. The Kier molecular flexibility index (Phi) is 8.40. The number of amides is 1. The molecule has 4 rings (SSSR count). The number of rotatable bonds is 5. The van der Waals surface area contributed by atoms with Crippen molar-refractivity contribution in [1.82, 2.24) is 20.8 Å². The van der Waals surface area contributed by atoms with Gasteiger partial charge in [0.2, 0.25) is 0 Å². The summed E-state index contributed by atoms with van der Waals surface area (Å²) < 4.78 is 15.4. The van der Waals surface area contributed by atoms with Crippen molar-refractivity contribution < 1.29 is 23.8 Å². The van der Waals surface area contributed by atoms with Crippen LogP contribution in [-0.2, 0) is 11.3 Å². The average molecular weight is 414 g/mol. The molecule has 0 bridgehead atoms. The van der Waals surface area contributed by atoms with Crippen molar-refractivity contribution in [3.63, 3.8) is 0 Å². The summed E-state index contributed by atoms with van der Waals surface area (Å²) in [5.41, 5.74) is 1.26. The number of carbonyl (C=O) groups excluding carboxylic acids is 2. The molecule has 0 unspecified atom stereocenters. The van der Waals surface area contributed by atoms with Crippen LogP contribution < -0.4 is 20.1 Å². The van der Waals surface area contributed by atoms with E-state index in [9.17, 15) is 9.59 Å². The van der Waals surface area contributed by atoms with E-state index in [0.717, 1.165) is 18.7 Å². The number of alkyl carbamates (subject to hydrolysis) is 1. The number of aromatic nitrogens is 2. The summed E-state index contributed by atoms with van der Waals surface area (Å²) in [5, 5.41) is 13.4. The van der Waals surface area contributed by atoms with Gasteiger partial charge in [-0.1, -0.05) is 30.3 Å². The number of benzene rings is 1. The Morgan fingerprint density at radius 1 is 1.23 bits per heavy atom. The SMILES string of the molecule is O=C(NC[C@@H]1CCCNC1)OCc1ccccc1.O=Cc1cc2c(nn1)OCCO2. The van der Waals surface area contributed by atoms with Gasteiger partial charge in [-0.25, -0.2) is 4.79 Å². The summed E-state index contributed by atoms with van der Waals surface area (Å²) in [5.74, 6) is 1.37. The molecule has 1 amide bonds. The van der Waals surface area contributed by atoms with Crippen LogP contribution in [0.25, 0.3) is 0 Å². The van der Waals surface area contributed by atoms with Gasteiger partial charge < -0.3 is 24.8 Å². The van der Waals surface area contributed by atoms with Crippen molar-refractivity contribution in [1.29, 1.82) is 0 Å². The van der Waals surface area contributed by atoms with Crippen LogP contribution in [0.4, 0.5) is 4.79 Å². The molecule has 160 valence electrons. The molecule has 30 heavy (non-hydrogen) atoms. The van der Waals surface area contributed by atoms with Gasteiger partial charge in [-0.15, -0.1) is 10.2 Å². The number of aldehydes is 1. The minimum absolute atomic E-state index is 0.249. The molecular weight excluding hydrogens is 388 g/mol. The van der Waals surface area contributed by atoms with Gasteiger partial charge in [0, 0.05) is 12.6 Å².